The predicted octanol–water partition coefficient (Wildman–Crippen LogP) is 0.667. The van der Waals surface area contributed by atoms with Crippen LogP contribution in [0.15, 0.2) is 24.5 Å². The molecule has 120 valence electrons. The summed E-state index contributed by atoms with van der Waals surface area (Å²) in [5, 5.41) is 10.5. The molecule has 0 unspecified atom stereocenters. The van der Waals surface area contributed by atoms with Crippen molar-refractivity contribution in [3.8, 4) is 0 Å². The van der Waals surface area contributed by atoms with Gasteiger partial charge in [0.15, 0.2) is 5.82 Å². The molecule has 3 rings (SSSR count). The number of carbonyl (C=O) groups excluding carboxylic acids is 2. The van der Waals surface area contributed by atoms with Crippen LogP contribution < -0.4 is 5.32 Å². The van der Waals surface area contributed by atoms with E-state index in [2.05, 4.69) is 15.5 Å². The van der Waals surface area contributed by atoms with E-state index < -0.39 is 0 Å². The van der Waals surface area contributed by atoms with Gasteiger partial charge in [-0.15, -0.1) is 10.2 Å². The van der Waals surface area contributed by atoms with Crippen molar-refractivity contribution in [1.29, 1.82) is 0 Å². The SMILES string of the molecule is Cc1cc(C)cc(C(=O)NCC(=O)N2CCn3cnnc3C2)c1. The second-order valence-corrected chi connectivity index (χ2v) is 5.81. The van der Waals surface area contributed by atoms with Crippen molar-refractivity contribution in [2.75, 3.05) is 13.1 Å². The summed E-state index contributed by atoms with van der Waals surface area (Å²) in [5.74, 6) is 0.424. The Labute approximate surface area is 134 Å². The summed E-state index contributed by atoms with van der Waals surface area (Å²) in [6.07, 6.45) is 1.67. The first-order valence-corrected chi connectivity index (χ1v) is 7.54. The first kappa shape index (κ1) is 15.2. The van der Waals surface area contributed by atoms with Gasteiger partial charge in [0.1, 0.15) is 6.33 Å². The molecule has 2 aromatic rings. The molecular weight excluding hydrogens is 294 g/mol. The third kappa shape index (κ3) is 3.39. The second kappa shape index (κ2) is 6.20. The molecule has 1 N–H and O–H groups in total. The fraction of sp³-hybridized carbons (Fsp3) is 0.375. The van der Waals surface area contributed by atoms with E-state index in [4.69, 9.17) is 0 Å². The topological polar surface area (TPSA) is 80.1 Å². The minimum atomic E-state index is -0.231. The third-order valence-electron chi connectivity index (χ3n) is 3.88. The van der Waals surface area contributed by atoms with Gasteiger partial charge < -0.3 is 14.8 Å². The number of aryl methyl sites for hydroxylation is 2. The molecule has 1 aliphatic rings. The Morgan fingerprint density at radius 2 is 1.91 bits per heavy atom. The third-order valence-corrected chi connectivity index (χ3v) is 3.88. The molecule has 0 saturated heterocycles. The van der Waals surface area contributed by atoms with Crippen LogP contribution in [0.4, 0.5) is 0 Å². The van der Waals surface area contributed by atoms with E-state index in [1.165, 1.54) is 0 Å². The number of fused-ring (bicyclic) bond motifs is 1. The summed E-state index contributed by atoms with van der Waals surface area (Å²) in [5.41, 5.74) is 2.63. The highest BCUT2D eigenvalue weighted by Gasteiger charge is 2.22. The number of hydrogen-bond donors (Lipinski definition) is 1. The molecular formula is C16H19N5O2. The van der Waals surface area contributed by atoms with Crippen LogP contribution in [-0.4, -0.2) is 44.6 Å². The number of aromatic nitrogens is 3. The van der Waals surface area contributed by atoms with Gasteiger partial charge in [-0.1, -0.05) is 17.2 Å². The number of nitrogens with zero attached hydrogens (tertiary/aromatic N) is 4. The van der Waals surface area contributed by atoms with Crippen LogP contribution in [0.5, 0.6) is 0 Å². The van der Waals surface area contributed by atoms with Crippen LogP contribution in [0.3, 0.4) is 0 Å². The number of hydrogen-bond acceptors (Lipinski definition) is 4. The van der Waals surface area contributed by atoms with E-state index in [-0.39, 0.29) is 18.4 Å². The van der Waals surface area contributed by atoms with E-state index in [0.717, 1.165) is 17.0 Å². The van der Waals surface area contributed by atoms with E-state index >= 15 is 0 Å². The molecule has 1 aliphatic heterocycles. The lowest BCUT2D eigenvalue weighted by Crippen LogP contribution is -2.43. The monoisotopic (exact) mass is 313 g/mol. The van der Waals surface area contributed by atoms with Gasteiger partial charge in [0.2, 0.25) is 5.91 Å². The van der Waals surface area contributed by atoms with Crippen LogP contribution in [-0.2, 0) is 17.9 Å². The average Bonchev–Trinajstić information content (AvgIpc) is 2.98. The van der Waals surface area contributed by atoms with Crippen LogP contribution in [0, 0.1) is 13.8 Å². The van der Waals surface area contributed by atoms with E-state index in [0.29, 0.717) is 25.2 Å². The van der Waals surface area contributed by atoms with Crippen LogP contribution in [0.1, 0.15) is 27.3 Å². The lowest BCUT2D eigenvalue weighted by atomic mass is 10.1. The molecule has 7 heteroatoms. The first-order chi connectivity index (χ1) is 11.0. The zero-order valence-corrected chi connectivity index (χ0v) is 13.2. The summed E-state index contributed by atoms with van der Waals surface area (Å²) in [6.45, 7) is 5.58. The lowest BCUT2D eigenvalue weighted by molar-refractivity contribution is -0.131. The Balaban J connectivity index is 1.58. The van der Waals surface area contributed by atoms with E-state index in [1.807, 2.05) is 36.6 Å². The summed E-state index contributed by atoms with van der Waals surface area (Å²) in [6, 6.07) is 5.64. The van der Waals surface area contributed by atoms with E-state index in [1.54, 1.807) is 11.2 Å². The van der Waals surface area contributed by atoms with Gasteiger partial charge in [0.05, 0.1) is 13.1 Å². The molecule has 0 fully saturated rings. The fourth-order valence-electron chi connectivity index (χ4n) is 2.75. The van der Waals surface area contributed by atoms with Gasteiger partial charge in [-0.05, 0) is 26.0 Å². The Morgan fingerprint density at radius 1 is 1.17 bits per heavy atom. The highest BCUT2D eigenvalue weighted by Crippen LogP contribution is 2.10. The normalized spacial score (nSPS) is 13.6. The highest BCUT2D eigenvalue weighted by molar-refractivity contribution is 5.96. The lowest BCUT2D eigenvalue weighted by Gasteiger charge is -2.27. The Morgan fingerprint density at radius 3 is 2.65 bits per heavy atom. The van der Waals surface area contributed by atoms with E-state index in [9.17, 15) is 9.59 Å². The van der Waals surface area contributed by atoms with Crippen molar-refractivity contribution in [1.82, 2.24) is 25.0 Å². The van der Waals surface area contributed by atoms with Gasteiger partial charge in [0, 0.05) is 18.7 Å². The second-order valence-electron chi connectivity index (χ2n) is 5.81. The largest absolute Gasteiger partial charge is 0.343 e. The average molecular weight is 313 g/mol. The highest BCUT2D eigenvalue weighted by atomic mass is 16.2. The minimum Gasteiger partial charge on any atom is -0.343 e. The number of nitrogens with one attached hydrogen (secondary N) is 1. The molecule has 2 heterocycles. The maximum atomic E-state index is 12.3. The standard InChI is InChI=1S/C16H19N5O2/c1-11-5-12(2)7-13(6-11)16(23)17-8-15(22)20-3-4-21-10-18-19-14(21)9-20/h5-7,10H,3-4,8-9H2,1-2H3,(H,17,23). The van der Waals surface area contributed by atoms with Crippen molar-refractivity contribution >= 4 is 11.8 Å². The Bertz CT molecular complexity index is 732. The molecule has 1 aromatic carbocycles. The first-order valence-electron chi connectivity index (χ1n) is 7.54. The van der Waals surface area contributed by atoms with Gasteiger partial charge in [-0.3, -0.25) is 9.59 Å². The molecule has 0 radical (unpaired) electrons. The molecule has 0 aliphatic carbocycles. The molecule has 0 atom stereocenters. The summed E-state index contributed by atoms with van der Waals surface area (Å²) in [4.78, 5) is 26.1. The summed E-state index contributed by atoms with van der Waals surface area (Å²) in [7, 11) is 0. The van der Waals surface area contributed by atoms with Crippen molar-refractivity contribution in [2.45, 2.75) is 26.9 Å². The van der Waals surface area contributed by atoms with Gasteiger partial charge >= 0.3 is 0 Å². The molecule has 2 amide bonds. The van der Waals surface area contributed by atoms with Crippen molar-refractivity contribution in [3.63, 3.8) is 0 Å². The van der Waals surface area contributed by atoms with Crippen molar-refractivity contribution in [2.24, 2.45) is 0 Å². The summed E-state index contributed by atoms with van der Waals surface area (Å²) < 4.78 is 1.93. The van der Waals surface area contributed by atoms with Crippen molar-refractivity contribution < 1.29 is 9.59 Å². The molecule has 0 spiro atoms. The number of rotatable bonds is 3. The maximum Gasteiger partial charge on any atom is 0.251 e. The van der Waals surface area contributed by atoms with Gasteiger partial charge in [-0.2, -0.15) is 0 Å². The molecule has 1 aromatic heterocycles. The Hall–Kier alpha value is -2.70. The zero-order chi connectivity index (χ0) is 16.4. The molecule has 23 heavy (non-hydrogen) atoms. The smallest absolute Gasteiger partial charge is 0.251 e. The minimum absolute atomic E-state index is 0.0139. The summed E-state index contributed by atoms with van der Waals surface area (Å²) >= 11 is 0. The number of amides is 2. The number of benzene rings is 1. The zero-order valence-electron chi connectivity index (χ0n) is 13.2. The predicted molar refractivity (Wildman–Crippen MR) is 83.7 cm³/mol. The van der Waals surface area contributed by atoms with Crippen molar-refractivity contribution in [3.05, 3.63) is 47.0 Å². The van der Waals surface area contributed by atoms with Crippen LogP contribution in [0.2, 0.25) is 0 Å². The molecule has 0 bridgehead atoms. The molecule has 0 saturated carbocycles. The number of carbonyl (C=O) groups is 2. The maximum absolute atomic E-state index is 12.3. The van der Waals surface area contributed by atoms with Gasteiger partial charge in [-0.25, -0.2) is 0 Å². The quantitative estimate of drug-likeness (QED) is 0.903. The molecule has 7 nitrogen and oxygen atoms in total. The van der Waals surface area contributed by atoms with Crippen LogP contribution in [0.25, 0.3) is 0 Å². The fourth-order valence-corrected chi connectivity index (χ4v) is 2.75. The van der Waals surface area contributed by atoms with Gasteiger partial charge in [0.25, 0.3) is 5.91 Å². The van der Waals surface area contributed by atoms with Crippen LogP contribution >= 0.6 is 0 Å². The Kier molecular flexibility index (Phi) is 4.10.